The van der Waals surface area contributed by atoms with Crippen molar-refractivity contribution in [1.29, 1.82) is 0 Å². The molecule has 154 valence electrons. The van der Waals surface area contributed by atoms with Gasteiger partial charge in [-0.05, 0) is 12.8 Å². The SMILES string of the molecule is CC1(C)C2OCCCC2C1(N)C(=O)N1CCN(CC(F)(F)F)CC1.Cl.Cl. The maximum absolute atomic E-state index is 13.1. The molecule has 0 aromatic carbocycles. The van der Waals surface area contributed by atoms with E-state index in [1.165, 1.54) is 4.90 Å². The molecule has 0 spiro atoms. The van der Waals surface area contributed by atoms with Gasteiger partial charge in [-0.15, -0.1) is 24.8 Å². The van der Waals surface area contributed by atoms with Gasteiger partial charge in [0.2, 0.25) is 5.91 Å². The Labute approximate surface area is 164 Å². The summed E-state index contributed by atoms with van der Waals surface area (Å²) in [5, 5.41) is 0. The lowest BCUT2D eigenvalue weighted by Crippen LogP contribution is -2.82. The van der Waals surface area contributed by atoms with Gasteiger partial charge in [-0.25, -0.2) is 0 Å². The lowest BCUT2D eigenvalue weighted by molar-refractivity contribution is -0.231. The molecule has 0 aromatic rings. The number of carbonyl (C=O) groups is 1. The van der Waals surface area contributed by atoms with Crippen LogP contribution in [0.5, 0.6) is 0 Å². The molecule has 3 unspecified atom stereocenters. The molecule has 10 heteroatoms. The fourth-order valence-corrected chi connectivity index (χ4v) is 4.63. The summed E-state index contributed by atoms with van der Waals surface area (Å²) in [5.41, 5.74) is 5.14. The van der Waals surface area contributed by atoms with Crippen LogP contribution >= 0.6 is 24.8 Å². The minimum absolute atomic E-state index is 0. The van der Waals surface area contributed by atoms with Crippen LogP contribution in [-0.4, -0.2) is 72.9 Å². The number of alkyl halides is 3. The summed E-state index contributed by atoms with van der Waals surface area (Å²) in [5.74, 6) is -0.132. The summed E-state index contributed by atoms with van der Waals surface area (Å²) in [6.45, 7) is 4.73. The molecule has 1 aliphatic carbocycles. The number of piperazine rings is 1. The minimum atomic E-state index is -4.20. The van der Waals surface area contributed by atoms with Crippen LogP contribution in [0.4, 0.5) is 13.2 Å². The van der Waals surface area contributed by atoms with Crippen LogP contribution in [0.15, 0.2) is 0 Å². The third kappa shape index (κ3) is 3.81. The molecule has 0 bridgehead atoms. The summed E-state index contributed by atoms with van der Waals surface area (Å²) < 4.78 is 43.3. The van der Waals surface area contributed by atoms with E-state index in [-0.39, 0.29) is 55.8 Å². The summed E-state index contributed by atoms with van der Waals surface area (Å²) in [7, 11) is 0. The number of hydrogen-bond donors (Lipinski definition) is 1. The van der Waals surface area contributed by atoms with Crippen molar-refractivity contribution in [3.8, 4) is 0 Å². The van der Waals surface area contributed by atoms with Gasteiger partial charge in [0.05, 0.1) is 12.6 Å². The molecular formula is C16H28Cl2F3N3O2. The van der Waals surface area contributed by atoms with Crippen molar-refractivity contribution >= 4 is 30.7 Å². The molecule has 1 amide bonds. The summed E-state index contributed by atoms with van der Waals surface area (Å²) >= 11 is 0. The number of fused-ring (bicyclic) bond motifs is 1. The average Bonchev–Trinajstić information content (AvgIpc) is 2.52. The van der Waals surface area contributed by atoms with Gasteiger partial charge < -0.3 is 15.4 Å². The van der Waals surface area contributed by atoms with Gasteiger partial charge in [-0.1, -0.05) is 13.8 Å². The first-order valence-electron chi connectivity index (χ1n) is 8.56. The highest BCUT2D eigenvalue weighted by Gasteiger charge is 2.70. The van der Waals surface area contributed by atoms with Crippen molar-refractivity contribution in [2.24, 2.45) is 17.1 Å². The van der Waals surface area contributed by atoms with Crippen molar-refractivity contribution < 1.29 is 22.7 Å². The Bertz CT molecular complexity index is 513. The van der Waals surface area contributed by atoms with Crippen molar-refractivity contribution in [1.82, 2.24) is 9.80 Å². The maximum Gasteiger partial charge on any atom is 0.401 e. The van der Waals surface area contributed by atoms with E-state index in [0.29, 0.717) is 19.7 Å². The molecule has 0 radical (unpaired) electrons. The average molecular weight is 422 g/mol. The lowest BCUT2D eigenvalue weighted by Gasteiger charge is -2.66. The Morgan fingerprint density at radius 2 is 1.77 bits per heavy atom. The van der Waals surface area contributed by atoms with E-state index in [2.05, 4.69) is 0 Å². The van der Waals surface area contributed by atoms with Crippen molar-refractivity contribution in [2.75, 3.05) is 39.3 Å². The second kappa shape index (κ2) is 7.99. The zero-order valence-electron chi connectivity index (χ0n) is 15.1. The molecule has 3 atom stereocenters. The molecule has 5 nitrogen and oxygen atoms in total. The van der Waals surface area contributed by atoms with Crippen LogP contribution in [0, 0.1) is 11.3 Å². The topological polar surface area (TPSA) is 58.8 Å². The van der Waals surface area contributed by atoms with Gasteiger partial charge in [-0.3, -0.25) is 9.69 Å². The highest BCUT2D eigenvalue weighted by atomic mass is 35.5. The van der Waals surface area contributed by atoms with Gasteiger partial charge in [0, 0.05) is 44.1 Å². The first-order chi connectivity index (χ1) is 11.1. The fourth-order valence-electron chi connectivity index (χ4n) is 4.63. The van der Waals surface area contributed by atoms with Crippen LogP contribution in [0.2, 0.25) is 0 Å². The van der Waals surface area contributed by atoms with Gasteiger partial charge in [0.15, 0.2) is 0 Å². The first-order valence-corrected chi connectivity index (χ1v) is 8.56. The normalized spacial score (nSPS) is 34.0. The zero-order valence-corrected chi connectivity index (χ0v) is 16.7. The number of hydrogen-bond acceptors (Lipinski definition) is 4. The molecule has 2 heterocycles. The standard InChI is InChI=1S/C16H26F3N3O2.2ClH/c1-14(2)12-11(4-3-9-24-12)16(14,20)13(23)22-7-5-21(6-8-22)10-15(17,18)19;;/h11-12H,3-10,20H2,1-2H3;2*1H. The summed E-state index contributed by atoms with van der Waals surface area (Å²) in [6, 6.07) is 0. The van der Waals surface area contributed by atoms with Crippen LogP contribution in [-0.2, 0) is 9.53 Å². The molecule has 26 heavy (non-hydrogen) atoms. The van der Waals surface area contributed by atoms with E-state index in [1.54, 1.807) is 4.90 Å². The third-order valence-corrected chi connectivity index (χ3v) is 6.10. The van der Waals surface area contributed by atoms with Crippen molar-refractivity contribution in [2.45, 2.75) is 44.5 Å². The summed E-state index contributed by atoms with van der Waals surface area (Å²) in [6.07, 6.45) is -2.45. The van der Waals surface area contributed by atoms with Crippen molar-refractivity contribution in [3.05, 3.63) is 0 Å². The van der Waals surface area contributed by atoms with E-state index < -0.39 is 23.7 Å². The summed E-state index contributed by atoms with van der Waals surface area (Å²) in [4.78, 5) is 16.0. The van der Waals surface area contributed by atoms with E-state index in [0.717, 1.165) is 12.8 Å². The number of nitrogens with two attached hydrogens (primary N) is 1. The van der Waals surface area contributed by atoms with Gasteiger partial charge in [-0.2, -0.15) is 13.2 Å². The van der Waals surface area contributed by atoms with E-state index in [1.807, 2.05) is 13.8 Å². The zero-order chi connectivity index (χ0) is 17.8. The number of ether oxygens (including phenoxy) is 1. The van der Waals surface area contributed by atoms with E-state index in [9.17, 15) is 18.0 Å². The quantitative estimate of drug-likeness (QED) is 0.741. The molecule has 1 saturated carbocycles. The molecule has 2 saturated heterocycles. The van der Waals surface area contributed by atoms with Crippen LogP contribution in [0.3, 0.4) is 0 Å². The van der Waals surface area contributed by atoms with Crippen LogP contribution < -0.4 is 5.73 Å². The minimum Gasteiger partial charge on any atom is -0.377 e. The number of nitrogens with zero attached hydrogens (tertiary/aromatic N) is 2. The Morgan fingerprint density at radius 3 is 2.31 bits per heavy atom. The third-order valence-electron chi connectivity index (χ3n) is 6.10. The molecule has 2 N–H and O–H groups in total. The van der Waals surface area contributed by atoms with E-state index >= 15 is 0 Å². The number of carbonyl (C=O) groups excluding carboxylic acids is 1. The number of halogens is 5. The largest absolute Gasteiger partial charge is 0.401 e. The van der Waals surface area contributed by atoms with Crippen molar-refractivity contribution in [3.63, 3.8) is 0 Å². The Balaban J connectivity index is 0.00000169. The number of rotatable bonds is 2. The fraction of sp³-hybridized carbons (Fsp3) is 0.938. The maximum atomic E-state index is 13.1. The molecule has 3 aliphatic rings. The second-order valence-electron chi connectivity index (χ2n) is 7.81. The molecule has 0 aromatic heterocycles. The smallest absolute Gasteiger partial charge is 0.377 e. The van der Waals surface area contributed by atoms with Crippen LogP contribution in [0.25, 0.3) is 0 Å². The van der Waals surface area contributed by atoms with Gasteiger partial charge in [0.1, 0.15) is 5.54 Å². The van der Waals surface area contributed by atoms with Gasteiger partial charge >= 0.3 is 6.18 Å². The Morgan fingerprint density at radius 1 is 1.19 bits per heavy atom. The van der Waals surface area contributed by atoms with Gasteiger partial charge in [0.25, 0.3) is 0 Å². The number of amides is 1. The first kappa shape index (κ1) is 23.8. The van der Waals surface area contributed by atoms with E-state index in [4.69, 9.17) is 10.5 Å². The predicted octanol–water partition coefficient (Wildman–Crippen LogP) is 2.07. The van der Waals surface area contributed by atoms with Crippen LogP contribution in [0.1, 0.15) is 26.7 Å². The Kier molecular flexibility index (Phi) is 7.30. The highest BCUT2D eigenvalue weighted by molar-refractivity contribution is 5.89. The predicted molar refractivity (Wildman–Crippen MR) is 96.7 cm³/mol. The molecule has 3 fully saturated rings. The molecule has 3 rings (SSSR count). The molecular weight excluding hydrogens is 394 g/mol. The lowest BCUT2D eigenvalue weighted by atomic mass is 9.46. The monoisotopic (exact) mass is 421 g/mol. The molecule has 2 aliphatic heterocycles. The Hall–Kier alpha value is -0.280. The second-order valence-corrected chi connectivity index (χ2v) is 7.81. The highest BCUT2D eigenvalue weighted by Crippen LogP contribution is 2.58.